The first-order valence-electron chi connectivity index (χ1n) is 7.44. The van der Waals surface area contributed by atoms with Crippen molar-refractivity contribution < 1.29 is 4.79 Å². The Morgan fingerprint density at radius 1 is 1.26 bits per heavy atom. The molecule has 0 spiro atoms. The Hall–Kier alpha value is -1.51. The van der Waals surface area contributed by atoms with Gasteiger partial charge in [-0.3, -0.25) is 4.79 Å². The van der Waals surface area contributed by atoms with Crippen molar-refractivity contribution in [3.63, 3.8) is 0 Å². The minimum absolute atomic E-state index is 0.0224. The molecule has 104 valence electrons. The Balaban J connectivity index is 1.95. The first kappa shape index (κ1) is 13.9. The van der Waals surface area contributed by atoms with E-state index in [-0.39, 0.29) is 5.91 Å². The number of hydrogen-bond donors (Lipinski definition) is 2. The van der Waals surface area contributed by atoms with E-state index >= 15 is 0 Å². The topological polar surface area (TPSA) is 41.1 Å². The molecular formula is C16H24N2O. The van der Waals surface area contributed by atoms with Crippen molar-refractivity contribution in [1.82, 2.24) is 5.32 Å². The van der Waals surface area contributed by atoms with Crippen molar-refractivity contribution in [2.75, 3.05) is 11.9 Å². The molecule has 1 amide bonds. The molecule has 1 saturated carbocycles. The summed E-state index contributed by atoms with van der Waals surface area (Å²) in [6, 6.07) is 8.40. The predicted octanol–water partition coefficient (Wildman–Crippen LogP) is 3.57. The van der Waals surface area contributed by atoms with Crippen molar-refractivity contribution in [3.05, 3.63) is 29.8 Å². The zero-order chi connectivity index (χ0) is 13.5. The molecule has 3 heteroatoms. The smallest absolute Gasteiger partial charge is 0.251 e. The molecular weight excluding hydrogens is 236 g/mol. The summed E-state index contributed by atoms with van der Waals surface area (Å²) in [5, 5.41) is 6.46. The lowest BCUT2D eigenvalue weighted by atomic mass is 9.95. The van der Waals surface area contributed by atoms with Crippen molar-refractivity contribution in [1.29, 1.82) is 0 Å². The molecule has 0 aliphatic heterocycles. The lowest BCUT2D eigenvalue weighted by Crippen LogP contribution is -2.25. The van der Waals surface area contributed by atoms with Crippen LogP contribution in [0.1, 0.15) is 55.8 Å². The van der Waals surface area contributed by atoms with Gasteiger partial charge in [-0.2, -0.15) is 0 Å². The molecule has 1 aliphatic carbocycles. The largest absolute Gasteiger partial charge is 0.382 e. The van der Waals surface area contributed by atoms with Crippen molar-refractivity contribution in [2.24, 2.45) is 0 Å². The molecule has 2 rings (SSSR count). The Labute approximate surface area is 115 Å². The molecule has 0 heterocycles. The minimum atomic E-state index is 0.0224. The van der Waals surface area contributed by atoms with Crippen LogP contribution in [0, 0.1) is 0 Å². The molecule has 2 N–H and O–H groups in total. The summed E-state index contributed by atoms with van der Waals surface area (Å²) in [4.78, 5) is 11.9. The van der Waals surface area contributed by atoms with Gasteiger partial charge in [-0.25, -0.2) is 0 Å². The van der Waals surface area contributed by atoms with Gasteiger partial charge in [0.2, 0.25) is 0 Å². The number of anilines is 1. The maximum atomic E-state index is 11.9. The summed E-state index contributed by atoms with van der Waals surface area (Å²) < 4.78 is 0. The molecule has 0 unspecified atom stereocenters. The molecule has 19 heavy (non-hydrogen) atoms. The molecule has 0 aromatic heterocycles. The van der Waals surface area contributed by atoms with E-state index in [2.05, 4.69) is 17.6 Å². The van der Waals surface area contributed by atoms with Crippen LogP contribution < -0.4 is 10.6 Å². The maximum absolute atomic E-state index is 11.9. The van der Waals surface area contributed by atoms with Gasteiger partial charge < -0.3 is 10.6 Å². The zero-order valence-corrected chi connectivity index (χ0v) is 11.7. The summed E-state index contributed by atoms with van der Waals surface area (Å²) >= 11 is 0. The third kappa shape index (κ3) is 4.27. The number of carbonyl (C=O) groups excluding carboxylic acids is 1. The SMILES string of the molecule is CCCNC(=O)c1cccc(NC2CCCCC2)c1. The van der Waals surface area contributed by atoms with Crippen LogP contribution in [0.2, 0.25) is 0 Å². The van der Waals surface area contributed by atoms with E-state index in [0.29, 0.717) is 6.04 Å². The first-order valence-corrected chi connectivity index (χ1v) is 7.44. The van der Waals surface area contributed by atoms with Gasteiger partial charge in [0.25, 0.3) is 5.91 Å². The van der Waals surface area contributed by atoms with Gasteiger partial charge in [-0.1, -0.05) is 32.3 Å². The van der Waals surface area contributed by atoms with Gasteiger partial charge in [0, 0.05) is 23.8 Å². The Morgan fingerprint density at radius 2 is 2.05 bits per heavy atom. The lowest BCUT2D eigenvalue weighted by molar-refractivity contribution is 0.0953. The zero-order valence-electron chi connectivity index (χ0n) is 11.7. The van der Waals surface area contributed by atoms with Gasteiger partial charge in [0.1, 0.15) is 0 Å². The second-order valence-corrected chi connectivity index (χ2v) is 5.32. The molecule has 0 radical (unpaired) electrons. The normalized spacial score (nSPS) is 16.1. The number of amides is 1. The van der Waals surface area contributed by atoms with E-state index in [1.807, 2.05) is 24.3 Å². The minimum Gasteiger partial charge on any atom is -0.382 e. The van der Waals surface area contributed by atoms with E-state index in [1.165, 1.54) is 32.1 Å². The summed E-state index contributed by atoms with van der Waals surface area (Å²) in [5.41, 5.74) is 1.81. The van der Waals surface area contributed by atoms with Gasteiger partial charge in [0.05, 0.1) is 0 Å². The molecule has 0 saturated heterocycles. The predicted molar refractivity (Wildman–Crippen MR) is 79.6 cm³/mol. The van der Waals surface area contributed by atoms with Crippen LogP contribution in [0.3, 0.4) is 0 Å². The Bertz CT molecular complexity index is 411. The summed E-state index contributed by atoms with van der Waals surface area (Å²) in [7, 11) is 0. The van der Waals surface area contributed by atoms with Crippen LogP contribution in [0.25, 0.3) is 0 Å². The first-order chi connectivity index (χ1) is 9.29. The van der Waals surface area contributed by atoms with E-state index in [1.54, 1.807) is 0 Å². The van der Waals surface area contributed by atoms with Crippen molar-refractivity contribution in [3.8, 4) is 0 Å². The average molecular weight is 260 g/mol. The number of rotatable bonds is 5. The highest BCUT2D eigenvalue weighted by Gasteiger charge is 2.13. The van der Waals surface area contributed by atoms with Crippen LogP contribution in [0.5, 0.6) is 0 Å². The van der Waals surface area contributed by atoms with Gasteiger partial charge >= 0.3 is 0 Å². The van der Waals surface area contributed by atoms with Gasteiger partial charge in [-0.15, -0.1) is 0 Å². The van der Waals surface area contributed by atoms with E-state index in [9.17, 15) is 4.79 Å². The second kappa shape index (κ2) is 7.17. The number of carbonyl (C=O) groups is 1. The Kier molecular flexibility index (Phi) is 5.25. The molecule has 0 bridgehead atoms. The fraction of sp³-hybridized carbons (Fsp3) is 0.562. The van der Waals surface area contributed by atoms with Crippen LogP contribution in [-0.2, 0) is 0 Å². The molecule has 1 aromatic rings. The number of hydrogen-bond acceptors (Lipinski definition) is 2. The maximum Gasteiger partial charge on any atom is 0.251 e. The van der Waals surface area contributed by atoms with Crippen LogP contribution in [0.15, 0.2) is 24.3 Å². The van der Waals surface area contributed by atoms with E-state index < -0.39 is 0 Å². The quantitative estimate of drug-likeness (QED) is 0.849. The molecule has 1 aliphatic rings. The highest BCUT2D eigenvalue weighted by molar-refractivity contribution is 5.95. The molecule has 0 atom stereocenters. The highest BCUT2D eigenvalue weighted by atomic mass is 16.1. The Morgan fingerprint density at radius 3 is 2.79 bits per heavy atom. The van der Waals surface area contributed by atoms with Crippen LogP contribution in [0.4, 0.5) is 5.69 Å². The number of nitrogens with one attached hydrogen (secondary N) is 2. The summed E-state index contributed by atoms with van der Waals surface area (Å²) in [6.07, 6.45) is 7.44. The van der Waals surface area contributed by atoms with Crippen molar-refractivity contribution in [2.45, 2.75) is 51.5 Å². The molecule has 1 fully saturated rings. The summed E-state index contributed by atoms with van der Waals surface area (Å²) in [5.74, 6) is 0.0224. The standard InChI is InChI=1S/C16H24N2O/c1-2-11-17-16(19)13-7-6-10-15(12-13)18-14-8-4-3-5-9-14/h6-7,10,12,14,18H,2-5,8-9,11H2,1H3,(H,17,19). The fourth-order valence-electron chi connectivity index (χ4n) is 2.57. The highest BCUT2D eigenvalue weighted by Crippen LogP contribution is 2.22. The third-order valence-corrected chi connectivity index (χ3v) is 3.64. The van der Waals surface area contributed by atoms with Crippen LogP contribution in [-0.4, -0.2) is 18.5 Å². The lowest BCUT2D eigenvalue weighted by Gasteiger charge is -2.24. The average Bonchev–Trinajstić information content (AvgIpc) is 2.46. The summed E-state index contributed by atoms with van der Waals surface area (Å²) in [6.45, 7) is 2.79. The van der Waals surface area contributed by atoms with E-state index in [4.69, 9.17) is 0 Å². The fourth-order valence-corrected chi connectivity index (χ4v) is 2.57. The molecule has 1 aromatic carbocycles. The second-order valence-electron chi connectivity index (χ2n) is 5.32. The molecule has 3 nitrogen and oxygen atoms in total. The van der Waals surface area contributed by atoms with Crippen molar-refractivity contribution >= 4 is 11.6 Å². The van der Waals surface area contributed by atoms with Crippen LogP contribution >= 0.6 is 0 Å². The van der Waals surface area contributed by atoms with E-state index in [0.717, 1.165) is 24.2 Å². The third-order valence-electron chi connectivity index (χ3n) is 3.64. The monoisotopic (exact) mass is 260 g/mol. The van der Waals surface area contributed by atoms with Gasteiger partial charge in [-0.05, 0) is 37.5 Å². The number of benzene rings is 1. The van der Waals surface area contributed by atoms with Gasteiger partial charge in [0.15, 0.2) is 0 Å².